The summed E-state index contributed by atoms with van der Waals surface area (Å²) in [6.45, 7) is 5.19. The predicted octanol–water partition coefficient (Wildman–Crippen LogP) is 10.6. The largest absolute Gasteiger partial charge is 0.493 e. The molecule has 0 aliphatic rings. The molecule has 0 unspecified atom stereocenters. The number of ether oxygens (including phenoxy) is 1. The summed E-state index contributed by atoms with van der Waals surface area (Å²) < 4.78 is 6.06. The molecule has 0 saturated heterocycles. The van der Waals surface area contributed by atoms with E-state index in [1.165, 1.54) is 81.9 Å². The van der Waals surface area contributed by atoms with E-state index in [4.69, 9.17) is 4.74 Å². The van der Waals surface area contributed by atoms with Gasteiger partial charge in [-0.25, -0.2) is 0 Å². The van der Waals surface area contributed by atoms with Gasteiger partial charge in [0.05, 0.1) is 6.61 Å². The Morgan fingerprint density at radius 3 is 1.92 bits per heavy atom. The lowest BCUT2D eigenvalue weighted by atomic mass is 10.0. The topological polar surface area (TPSA) is 26.3 Å². The van der Waals surface area contributed by atoms with Crippen molar-refractivity contribution in [1.29, 1.82) is 0 Å². The smallest absolute Gasteiger partial charge is 0.185 e. The van der Waals surface area contributed by atoms with Crippen molar-refractivity contribution in [3.05, 3.63) is 65.7 Å². The van der Waals surface area contributed by atoms with E-state index in [1.807, 2.05) is 66.4 Å². The minimum Gasteiger partial charge on any atom is -0.493 e. The van der Waals surface area contributed by atoms with E-state index in [0.29, 0.717) is 0 Å². The van der Waals surface area contributed by atoms with Crippen LogP contribution in [0.3, 0.4) is 0 Å². The van der Waals surface area contributed by atoms with Gasteiger partial charge in [0.2, 0.25) is 0 Å². The average Bonchev–Trinajstić information content (AvgIpc) is 2.91. The summed E-state index contributed by atoms with van der Waals surface area (Å²) in [5.74, 6) is 1.98. The first kappa shape index (κ1) is 30.2. The van der Waals surface area contributed by atoms with Crippen LogP contribution < -0.4 is 4.74 Å². The van der Waals surface area contributed by atoms with Gasteiger partial charge in [-0.15, -0.1) is 11.8 Å². The second kappa shape index (κ2) is 20.1. The zero-order valence-electron chi connectivity index (χ0n) is 22.8. The van der Waals surface area contributed by atoms with Gasteiger partial charge in [0.1, 0.15) is 5.75 Å². The number of carbonyl (C=O) groups excluding carboxylic acids is 1. The second-order valence-corrected chi connectivity index (χ2v) is 10.9. The predicted molar refractivity (Wildman–Crippen MR) is 158 cm³/mol. The van der Waals surface area contributed by atoms with Crippen LogP contribution in [0.25, 0.3) is 6.08 Å². The third kappa shape index (κ3) is 13.3. The van der Waals surface area contributed by atoms with E-state index < -0.39 is 0 Å². The van der Waals surface area contributed by atoms with Crippen LogP contribution in [0, 0.1) is 0 Å². The summed E-state index contributed by atoms with van der Waals surface area (Å²) in [5.41, 5.74) is 1.67. The molecule has 2 aromatic rings. The number of benzene rings is 2. The molecule has 0 aromatic heterocycles. The number of ketones is 1. The molecular weight excluding hydrogens is 460 g/mol. The molecule has 0 amide bonds. The van der Waals surface area contributed by atoms with Gasteiger partial charge in [0, 0.05) is 16.0 Å². The third-order valence-electron chi connectivity index (χ3n) is 6.45. The second-order valence-electron chi connectivity index (χ2n) is 9.70. The van der Waals surface area contributed by atoms with Gasteiger partial charge >= 0.3 is 0 Å². The highest BCUT2D eigenvalue weighted by molar-refractivity contribution is 7.99. The molecular formula is C33H48O2S. The van der Waals surface area contributed by atoms with Crippen molar-refractivity contribution in [2.24, 2.45) is 0 Å². The Morgan fingerprint density at radius 2 is 1.31 bits per heavy atom. The molecule has 0 saturated carbocycles. The first-order valence-corrected chi connectivity index (χ1v) is 15.4. The Morgan fingerprint density at radius 1 is 0.722 bits per heavy atom. The van der Waals surface area contributed by atoms with Crippen LogP contribution >= 0.6 is 11.8 Å². The first-order valence-electron chi connectivity index (χ1n) is 14.4. The lowest BCUT2D eigenvalue weighted by Crippen LogP contribution is -1.99. The molecule has 0 aliphatic heterocycles. The van der Waals surface area contributed by atoms with E-state index in [1.54, 1.807) is 6.08 Å². The maximum atomic E-state index is 12.6. The Bertz CT molecular complexity index is 856. The molecule has 0 bridgehead atoms. The van der Waals surface area contributed by atoms with Crippen molar-refractivity contribution in [1.82, 2.24) is 0 Å². The Hall–Kier alpha value is -2.00. The molecule has 3 heteroatoms. The van der Waals surface area contributed by atoms with E-state index in [-0.39, 0.29) is 5.78 Å². The number of rotatable bonds is 21. The van der Waals surface area contributed by atoms with Crippen molar-refractivity contribution >= 4 is 23.6 Å². The molecule has 36 heavy (non-hydrogen) atoms. The minimum atomic E-state index is 0.0216. The quantitative estimate of drug-likeness (QED) is 0.0726. The van der Waals surface area contributed by atoms with Gasteiger partial charge < -0.3 is 4.74 Å². The van der Waals surface area contributed by atoms with Crippen LogP contribution in [0.15, 0.2) is 59.5 Å². The number of allylic oxidation sites excluding steroid dienone is 1. The van der Waals surface area contributed by atoms with Gasteiger partial charge in [-0.2, -0.15) is 0 Å². The summed E-state index contributed by atoms with van der Waals surface area (Å²) in [6, 6.07) is 15.9. The average molecular weight is 509 g/mol. The van der Waals surface area contributed by atoms with Crippen LogP contribution in [-0.2, 0) is 0 Å². The van der Waals surface area contributed by atoms with Gasteiger partial charge in [-0.3, -0.25) is 4.79 Å². The monoisotopic (exact) mass is 508 g/mol. The Labute approximate surface area is 225 Å². The Kier molecular flexibility index (Phi) is 16.9. The Balaban J connectivity index is 1.61. The fourth-order valence-electron chi connectivity index (χ4n) is 4.25. The number of para-hydroxylation sites is 1. The number of carbonyl (C=O) groups is 1. The molecule has 2 nitrogen and oxygen atoms in total. The molecule has 0 N–H and O–H groups in total. The molecule has 0 fully saturated rings. The number of thioether (sulfide) groups is 1. The summed E-state index contributed by atoms with van der Waals surface area (Å²) in [5, 5.41) is 0. The van der Waals surface area contributed by atoms with Gasteiger partial charge in [0.15, 0.2) is 5.78 Å². The standard InChI is InChI=1S/C33H48O2S/c1-3-5-6-7-8-9-10-11-12-13-14-15-18-27-35-33-20-17-16-19-30(33)23-26-32(34)29-21-24-31(25-22-29)36-28-4-2/h16-17,19-26H,3-15,18,27-28H2,1-2H3/b26-23+. The van der Waals surface area contributed by atoms with Crippen LogP contribution in [-0.4, -0.2) is 18.1 Å². The van der Waals surface area contributed by atoms with Crippen molar-refractivity contribution in [2.45, 2.75) is 109 Å². The molecule has 2 rings (SSSR count). The van der Waals surface area contributed by atoms with Gasteiger partial charge in [-0.1, -0.05) is 109 Å². The first-order chi connectivity index (χ1) is 17.7. The summed E-state index contributed by atoms with van der Waals surface area (Å²) in [7, 11) is 0. The summed E-state index contributed by atoms with van der Waals surface area (Å²) >= 11 is 1.83. The summed E-state index contributed by atoms with van der Waals surface area (Å²) in [4.78, 5) is 13.8. The number of hydrogen-bond donors (Lipinski definition) is 0. The highest BCUT2D eigenvalue weighted by Crippen LogP contribution is 2.22. The maximum Gasteiger partial charge on any atom is 0.185 e. The van der Waals surface area contributed by atoms with Crippen LogP contribution in [0.1, 0.15) is 120 Å². The fraction of sp³-hybridized carbons (Fsp3) is 0.545. The molecule has 0 spiro atoms. The van der Waals surface area contributed by atoms with E-state index in [9.17, 15) is 4.79 Å². The molecule has 0 radical (unpaired) electrons. The van der Waals surface area contributed by atoms with Gasteiger partial charge in [-0.05, 0) is 61.1 Å². The molecule has 0 heterocycles. The van der Waals surface area contributed by atoms with Gasteiger partial charge in [0.25, 0.3) is 0 Å². The fourth-order valence-corrected chi connectivity index (χ4v) is 5.02. The van der Waals surface area contributed by atoms with Crippen LogP contribution in [0.2, 0.25) is 0 Å². The normalized spacial score (nSPS) is 11.3. The van der Waals surface area contributed by atoms with Crippen molar-refractivity contribution in [3.63, 3.8) is 0 Å². The minimum absolute atomic E-state index is 0.0216. The molecule has 0 atom stereocenters. The van der Waals surface area contributed by atoms with E-state index >= 15 is 0 Å². The lowest BCUT2D eigenvalue weighted by Gasteiger charge is -2.09. The van der Waals surface area contributed by atoms with Crippen LogP contribution in [0.4, 0.5) is 0 Å². The van der Waals surface area contributed by atoms with Crippen molar-refractivity contribution in [2.75, 3.05) is 12.4 Å². The van der Waals surface area contributed by atoms with E-state index in [0.717, 1.165) is 42.1 Å². The zero-order chi connectivity index (χ0) is 25.7. The van der Waals surface area contributed by atoms with Crippen molar-refractivity contribution < 1.29 is 9.53 Å². The number of unbranched alkanes of at least 4 members (excludes halogenated alkanes) is 12. The lowest BCUT2D eigenvalue weighted by molar-refractivity contribution is 0.104. The molecule has 0 aliphatic carbocycles. The third-order valence-corrected chi connectivity index (χ3v) is 7.67. The van der Waals surface area contributed by atoms with E-state index in [2.05, 4.69) is 13.8 Å². The van der Waals surface area contributed by atoms with Crippen molar-refractivity contribution in [3.8, 4) is 5.75 Å². The SMILES string of the molecule is CCCCCCCCCCCCCCCOc1ccccc1/C=C/C(=O)c1ccc(SCCC)cc1. The van der Waals surface area contributed by atoms with Crippen LogP contribution in [0.5, 0.6) is 5.75 Å². The zero-order valence-corrected chi connectivity index (χ0v) is 23.6. The highest BCUT2D eigenvalue weighted by atomic mass is 32.2. The molecule has 2 aromatic carbocycles. The number of hydrogen-bond acceptors (Lipinski definition) is 3. The highest BCUT2D eigenvalue weighted by Gasteiger charge is 2.04. The molecule has 198 valence electrons. The summed E-state index contributed by atoms with van der Waals surface area (Å²) in [6.07, 6.45) is 22.2. The maximum absolute atomic E-state index is 12.6.